The van der Waals surface area contributed by atoms with Crippen molar-refractivity contribution in [2.75, 3.05) is 5.32 Å². The molecule has 0 fully saturated rings. The van der Waals surface area contributed by atoms with Crippen molar-refractivity contribution in [2.24, 2.45) is 0 Å². The molecule has 0 saturated carbocycles. The smallest absolute Gasteiger partial charge is 0.250 e. The van der Waals surface area contributed by atoms with Gasteiger partial charge in [-0.15, -0.1) is 0 Å². The Morgan fingerprint density at radius 1 is 1.25 bits per heavy atom. The van der Waals surface area contributed by atoms with Gasteiger partial charge in [0.15, 0.2) is 0 Å². The number of nitrogens with zero attached hydrogens (tertiary/aromatic N) is 1. The number of halogens is 1. The fourth-order valence-electron chi connectivity index (χ4n) is 2.21. The molecule has 0 spiro atoms. The van der Waals surface area contributed by atoms with Gasteiger partial charge < -0.3 is 9.88 Å². The van der Waals surface area contributed by atoms with Crippen LogP contribution in [0.25, 0.3) is 0 Å². The molecule has 0 radical (unpaired) electrons. The molecule has 0 aliphatic rings. The molecule has 4 heteroatoms. The summed E-state index contributed by atoms with van der Waals surface area (Å²) in [6.45, 7) is 4.80. The zero-order valence-corrected chi connectivity index (χ0v) is 13.4. The summed E-state index contributed by atoms with van der Waals surface area (Å²) >= 11 is 3.50. The van der Waals surface area contributed by atoms with E-state index in [0.29, 0.717) is 6.54 Å². The van der Waals surface area contributed by atoms with Crippen molar-refractivity contribution in [1.29, 1.82) is 0 Å². The molecule has 0 bridgehead atoms. The molecule has 0 saturated heterocycles. The van der Waals surface area contributed by atoms with Gasteiger partial charge in [0.05, 0.1) is 11.7 Å². The SMILES string of the molecule is CCC(Nc1ccc(=O)n(CC)c1)c1cccc(Br)c1. The lowest BCUT2D eigenvalue weighted by atomic mass is 10.0. The van der Waals surface area contributed by atoms with Gasteiger partial charge in [0.1, 0.15) is 0 Å². The molecule has 1 unspecified atom stereocenters. The highest BCUT2D eigenvalue weighted by atomic mass is 79.9. The molecule has 0 aliphatic carbocycles. The van der Waals surface area contributed by atoms with Gasteiger partial charge in [0.25, 0.3) is 5.56 Å². The lowest BCUT2D eigenvalue weighted by Gasteiger charge is -2.19. The standard InChI is InChI=1S/C16H19BrN2O/c1-3-15(12-6-5-7-13(17)10-12)18-14-8-9-16(20)19(4-2)11-14/h5-11,15,18H,3-4H2,1-2H3. The Labute approximate surface area is 127 Å². The Balaban J connectivity index is 2.24. The first-order valence-electron chi connectivity index (χ1n) is 6.86. The molecule has 0 amide bonds. The number of aromatic nitrogens is 1. The zero-order valence-electron chi connectivity index (χ0n) is 11.8. The number of nitrogens with one attached hydrogen (secondary N) is 1. The molecular formula is C16H19BrN2O. The van der Waals surface area contributed by atoms with Crippen molar-refractivity contribution >= 4 is 21.6 Å². The molecule has 1 atom stereocenters. The van der Waals surface area contributed by atoms with Crippen LogP contribution in [-0.2, 0) is 6.54 Å². The molecule has 2 aromatic rings. The van der Waals surface area contributed by atoms with Crippen LogP contribution < -0.4 is 10.9 Å². The first-order chi connectivity index (χ1) is 9.63. The Morgan fingerprint density at radius 2 is 2.05 bits per heavy atom. The third kappa shape index (κ3) is 3.51. The van der Waals surface area contributed by atoms with E-state index < -0.39 is 0 Å². The van der Waals surface area contributed by atoms with Crippen molar-refractivity contribution < 1.29 is 0 Å². The van der Waals surface area contributed by atoms with Gasteiger partial charge in [-0.3, -0.25) is 4.79 Å². The summed E-state index contributed by atoms with van der Waals surface area (Å²) in [7, 11) is 0. The Kier molecular flexibility index (Phi) is 5.01. The van der Waals surface area contributed by atoms with Gasteiger partial charge in [-0.1, -0.05) is 35.0 Å². The second kappa shape index (κ2) is 6.75. The van der Waals surface area contributed by atoms with Gasteiger partial charge in [-0.05, 0) is 37.1 Å². The van der Waals surface area contributed by atoms with E-state index in [1.54, 1.807) is 10.6 Å². The monoisotopic (exact) mass is 334 g/mol. The van der Waals surface area contributed by atoms with Crippen LogP contribution in [0.2, 0.25) is 0 Å². The maximum atomic E-state index is 11.6. The third-order valence-electron chi connectivity index (χ3n) is 3.32. The molecule has 20 heavy (non-hydrogen) atoms. The summed E-state index contributed by atoms with van der Waals surface area (Å²) in [4.78, 5) is 11.6. The summed E-state index contributed by atoms with van der Waals surface area (Å²) in [5.74, 6) is 0. The van der Waals surface area contributed by atoms with E-state index in [-0.39, 0.29) is 11.6 Å². The van der Waals surface area contributed by atoms with E-state index in [1.165, 1.54) is 5.56 Å². The van der Waals surface area contributed by atoms with E-state index in [4.69, 9.17) is 0 Å². The highest BCUT2D eigenvalue weighted by Crippen LogP contribution is 2.24. The lowest BCUT2D eigenvalue weighted by molar-refractivity contribution is 0.715. The van der Waals surface area contributed by atoms with Crippen molar-refractivity contribution in [3.8, 4) is 0 Å². The Morgan fingerprint density at radius 3 is 2.70 bits per heavy atom. The average Bonchev–Trinajstić information content (AvgIpc) is 2.46. The van der Waals surface area contributed by atoms with Crippen molar-refractivity contribution in [3.63, 3.8) is 0 Å². The fraction of sp³-hybridized carbons (Fsp3) is 0.312. The highest BCUT2D eigenvalue weighted by Gasteiger charge is 2.10. The molecular weight excluding hydrogens is 316 g/mol. The lowest BCUT2D eigenvalue weighted by Crippen LogP contribution is -2.19. The number of hydrogen-bond donors (Lipinski definition) is 1. The van der Waals surface area contributed by atoms with E-state index >= 15 is 0 Å². The second-order valence-corrected chi connectivity index (χ2v) is 5.62. The Hall–Kier alpha value is -1.55. The minimum Gasteiger partial charge on any atom is -0.377 e. The fourth-order valence-corrected chi connectivity index (χ4v) is 2.63. The van der Waals surface area contributed by atoms with E-state index in [1.807, 2.05) is 31.3 Å². The van der Waals surface area contributed by atoms with Crippen LogP contribution in [0.15, 0.2) is 51.9 Å². The van der Waals surface area contributed by atoms with Gasteiger partial charge >= 0.3 is 0 Å². The predicted molar refractivity (Wildman–Crippen MR) is 87.2 cm³/mol. The maximum absolute atomic E-state index is 11.6. The predicted octanol–water partition coefficient (Wildman–Crippen LogP) is 4.19. The van der Waals surface area contributed by atoms with Crippen molar-refractivity contribution in [3.05, 3.63) is 63.0 Å². The molecule has 3 nitrogen and oxygen atoms in total. The first kappa shape index (κ1) is 14.9. The van der Waals surface area contributed by atoms with Crippen LogP contribution in [0.1, 0.15) is 31.9 Å². The first-order valence-corrected chi connectivity index (χ1v) is 7.65. The summed E-state index contributed by atoms with van der Waals surface area (Å²) in [6.07, 6.45) is 2.85. The van der Waals surface area contributed by atoms with Gasteiger partial charge in [-0.25, -0.2) is 0 Å². The maximum Gasteiger partial charge on any atom is 0.250 e. The normalized spacial score (nSPS) is 12.2. The van der Waals surface area contributed by atoms with Gasteiger partial charge in [-0.2, -0.15) is 0 Å². The highest BCUT2D eigenvalue weighted by molar-refractivity contribution is 9.10. The minimum atomic E-state index is 0.0357. The summed E-state index contributed by atoms with van der Waals surface area (Å²) in [6, 6.07) is 12.0. The summed E-state index contributed by atoms with van der Waals surface area (Å²) in [5.41, 5.74) is 2.24. The molecule has 0 aliphatic heterocycles. The summed E-state index contributed by atoms with van der Waals surface area (Å²) in [5, 5.41) is 3.49. The third-order valence-corrected chi connectivity index (χ3v) is 3.82. The van der Waals surface area contributed by atoms with Crippen LogP contribution in [0.3, 0.4) is 0 Å². The van der Waals surface area contributed by atoms with Gasteiger partial charge in [0, 0.05) is 23.3 Å². The van der Waals surface area contributed by atoms with Crippen LogP contribution in [0.5, 0.6) is 0 Å². The van der Waals surface area contributed by atoms with E-state index in [2.05, 4.69) is 40.3 Å². The molecule has 1 N–H and O–H groups in total. The molecule has 1 heterocycles. The minimum absolute atomic E-state index is 0.0357. The molecule has 1 aromatic heterocycles. The van der Waals surface area contributed by atoms with Crippen molar-refractivity contribution in [1.82, 2.24) is 4.57 Å². The molecule has 106 valence electrons. The quantitative estimate of drug-likeness (QED) is 0.889. The van der Waals surface area contributed by atoms with Crippen LogP contribution in [-0.4, -0.2) is 4.57 Å². The second-order valence-electron chi connectivity index (χ2n) is 4.70. The van der Waals surface area contributed by atoms with Crippen LogP contribution in [0.4, 0.5) is 5.69 Å². The van der Waals surface area contributed by atoms with Crippen LogP contribution in [0, 0.1) is 0 Å². The average molecular weight is 335 g/mol. The molecule has 2 rings (SSSR count). The topological polar surface area (TPSA) is 34.0 Å². The van der Waals surface area contributed by atoms with Gasteiger partial charge in [0.2, 0.25) is 0 Å². The van der Waals surface area contributed by atoms with E-state index in [0.717, 1.165) is 16.6 Å². The Bertz CT molecular complexity index is 636. The largest absolute Gasteiger partial charge is 0.377 e. The number of aryl methyl sites for hydroxylation is 1. The summed E-state index contributed by atoms with van der Waals surface area (Å²) < 4.78 is 2.78. The number of hydrogen-bond acceptors (Lipinski definition) is 2. The van der Waals surface area contributed by atoms with E-state index in [9.17, 15) is 4.79 Å². The number of rotatable bonds is 5. The number of pyridine rings is 1. The van der Waals surface area contributed by atoms with Crippen LogP contribution >= 0.6 is 15.9 Å². The number of anilines is 1. The number of benzene rings is 1. The molecule has 1 aromatic carbocycles. The zero-order chi connectivity index (χ0) is 14.5. The van der Waals surface area contributed by atoms with Crippen molar-refractivity contribution in [2.45, 2.75) is 32.9 Å².